The van der Waals surface area contributed by atoms with Crippen LogP contribution in [0.2, 0.25) is 0 Å². The second-order valence-electron chi connectivity index (χ2n) is 7.26. The van der Waals surface area contributed by atoms with Crippen LogP contribution >= 0.6 is 56.9 Å². The lowest BCUT2D eigenvalue weighted by atomic mass is 10.0. The maximum absolute atomic E-state index is 2.48. The maximum atomic E-state index is 2.48. The van der Waals surface area contributed by atoms with Gasteiger partial charge in [0.05, 0.1) is 11.4 Å². The highest BCUT2D eigenvalue weighted by Gasteiger charge is 2.21. The van der Waals surface area contributed by atoms with Gasteiger partial charge in [-0.1, -0.05) is 81.9 Å². The van der Waals surface area contributed by atoms with Crippen LogP contribution in [0.15, 0.2) is 46.2 Å². The summed E-state index contributed by atoms with van der Waals surface area (Å²) in [7, 11) is 2.22. The summed E-state index contributed by atoms with van der Waals surface area (Å²) >= 11 is 6.89. The minimum Gasteiger partial charge on any atom is -0.343 e. The molecule has 1 aliphatic heterocycles. The third-order valence-corrected chi connectivity index (χ3v) is 7.83. The van der Waals surface area contributed by atoms with E-state index in [4.69, 9.17) is 0 Å². The summed E-state index contributed by atoms with van der Waals surface area (Å²) in [6, 6.07) is 14.2. The minimum atomic E-state index is 1.20. The molecule has 0 aliphatic carbocycles. The van der Waals surface area contributed by atoms with Gasteiger partial charge in [-0.2, -0.15) is 0 Å². The Morgan fingerprint density at radius 1 is 0.704 bits per heavy atom. The van der Waals surface area contributed by atoms with Gasteiger partial charge in [-0.25, -0.2) is 0 Å². The van der Waals surface area contributed by atoms with Gasteiger partial charge in [0.15, 0.2) is 0 Å². The van der Waals surface area contributed by atoms with Gasteiger partial charge in [0.1, 0.15) is 0 Å². The highest BCUT2D eigenvalue weighted by molar-refractivity contribution is 14.1. The predicted molar refractivity (Wildman–Crippen MR) is 138 cm³/mol. The normalized spacial score (nSPS) is 12.8. The smallest absolute Gasteiger partial charge is 0.0552 e. The second kappa shape index (κ2) is 11.3. The van der Waals surface area contributed by atoms with E-state index in [1.165, 1.54) is 92.5 Å². The van der Waals surface area contributed by atoms with Crippen LogP contribution in [0.3, 0.4) is 0 Å². The molecular weight excluding hydrogens is 576 g/mol. The van der Waals surface area contributed by atoms with Crippen LogP contribution in [-0.2, 0) is 12.8 Å². The van der Waals surface area contributed by atoms with Crippen LogP contribution in [0.5, 0.6) is 0 Å². The number of hydrogen-bond acceptors (Lipinski definition) is 2. The first-order valence-corrected chi connectivity index (χ1v) is 13.9. The number of nitrogens with zero attached hydrogens (tertiary/aromatic N) is 1. The van der Waals surface area contributed by atoms with Gasteiger partial charge >= 0.3 is 0 Å². The molecule has 0 bridgehead atoms. The summed E-state index contributed by atoms with van der Waals surface area (Å²) in [6.07, 6.45) is 10.4. The van der Waals surface area contributed by atoms with Gasteiger partial charge in [-0.05, 0) is 82.8 Å². The predicted octanol–water partition coefficient (Wildman–Crippen LogP) is 8.21. The molecule has 2 aromatic carbocycles. The lowest BCUT2D eigenvalue weighted by molar-refractivity contribution is 0.725. The van der Waals surface area contributed by atoms with Crippen molar-refractivity contribution in [2.24, 2.45) is 0 Å². The van der Waals surface area contributed by atoms with Gasteiger partial charge in [-0.15, -0.1) is 0 Å². The van der Waals surface area contributed by atoms with Crippen molar-refractivity contribution in [2.45, 2.75) is 61.2 Å². The van der Waals surface area contributed by atoms with E-state index in [2.05, 4.69) is 93.5 Å². The minimum absolute atomic E-state index is 1.20. The van der Waals surface area contributed by atoms with Crippen molar-refractivity contribution in [3.63, 3.8) is 0 Å². The lowest BCUT2D eigenvalue weighted by Gasteiger charge is -2.30. The average molecular weight is 605 g/mol. The average Bonchev–Trinajstić information content (AvgIpc) is 2.69. The molecule has 0 atom stereocenters. The Hall–Kier alpha value is 0.0500. The summed E-state index contributed by atoms with van der Waals surface area (Å²) in [5.74, 6) is 0. The van der Waals surface area contributed by atoms with E-state index in [0.29, 0.717) is 0 Å². The lowest BCUT2D eigenvalue weighted by Crippen LogP contribution is -2.15. The summed E-state index contributed by atoms with van der Waals surface area (Å²) in [5.41, 5.74) is 5.68. The Morgan fingerprint density at radius 3 is 2.00 bits per heavy atom. The zero-order valence-electron chi connectivity index (χ0n) is 16.1. The molecule has 1 nitrogen and oxygen atoms in total. The van der Waals surface area contributed by atoms with Crippen molar-refractivity contribution in [3.8, 4) is 0 Å². The van der Waals surface area contributed by atoms with Crippen LogP contribution in [0.25, 0.3) is 0 Å². The van der Waals surface area contributed by atoms with E-state index < -0.39 is 0 Å². The molecule has 4 heteroatoms. The molecule has 1 aliphatic rings. The summed E-state index contributed by atoms with van der Waals surface area (Å²) < 4.78 is 2.55. The Labute approximate surface area is 196 Å². The molecule has 3 rings (SSSR count). The number of hydrogen-bond donors (Lipinski definition) is 0. The van der Waals surface area contributed by atoms with Crippen molar-refractivity contribution >= 4 is 68.3 Å². The fourth-order valence-corrected chi connectivity index (χ4v) is 5.86. The molecule has 0 radical (unpaired) electrons. The molecule has 0 spiro atoms. The standard InChI is InChI=1S/C23H29I2NS/c1-26-20-12-10-19(9-5-3-7-15-25)17-23(20)27-22-13-11-18(16-21(22)26)8-4-2-6-14-24/h10-13,16-17H,2-9,14-15H2,1H3. The van der Waals surface area contributed by atoms with Gasteiger partial charge in [0.25, 0.3) is 0 Å². The number of benzene rings is 2. The Balaban J connectivity index is 1.68. The van der Waals surface area contributed by atoms with Crippen molar-refractivity contribution in [3.05, 3.63) is 47.5 Å². The second-order valence-corrected chi connectivity index (χ2v) is 10.5. The molecule has 0 fully saturated rings. The molecule has 0 amide bonds. The highest BCUT2D eigenvalue weighted by Crippen LogP contribution is 2.48. The number of fused-ring (bicyclic) bond motifs is 2. The molecule has 146 valence electrons. The maximum Gasteiger partial charge on any atom is 0.0552 e. The first kappa shape index (κ1) is 21.8. The zero-order chi connectivity index (χ0) is 19.1. The Bertz CT molecular complexity index is 747. The van der Waals surface area contributed by atoms with E-state index in [0.717, 1.165) is 0 Å². The number of anilines is 2. The molecule has 0 saturated carbocycles. The molecule has 2 aromatic rings. The van der Waals surface area contributed by atoms with Crippen LogP contribution < -0.4 is 4.90 Å². The van der Waals surface area contributed by atoms with Crippen LogP contribution in [0.4, 0.5) is 11.4 Å². The Morgan fingerprint density at radius 2 is 1.33 bits per heavy atom. The van der Waals surface area contributed by atoms with E-state index in [9.17, 15) is 0 Å². The van der Waals surface area contributed by atoms with E-state index in [-0.39, 0.29) is 0 Å². The number of alkyl halides is 2. The van der Waals surface area contributed by atoms with Gasteiger partial charge in [0.2, 0.25) is 0 Å². The summed E-state index contributed by atoms with van der Waals surface area (Å²) in [6.45, 7) is 0. The summed E-state index contributed by atoms with van der Waals surface area (Å²) in [5, 5.41) is 0. The quantitative estimate of drug-likeness (QED) is 0.153. The first-order valence-electron chi connectivity index (χ1n) is 10.0. The van der Waals surface area contributed by atoms with E-state index in [1.54, 1.807) is 0 Å². The molecule has 0 unspecified atom stereocenters. The summed E-state index contributed by atoms with van der Waals surface area (Å²) in [4.78, 5) is 5.18. The van der Waals surface area contributed by atoms with Crippen molar-refractivity contribution in [1.29, 1.82) is 0 Å². The topological polar surface area (TPSA) is 3.24 Å². The van der Waals surface area contributed by atoms with Gasteiger partial charge < -0.3 is 4.90 Å². The van der Waals surface area contributed by atoms with Crippen LogP contribution in [-0.4, -0.2) is 15.9 Å². The number of rotatable bonds is 10. The van der Waals surface area contributed by atoms with Gasteiger partial charge in [-0.3, -0.25) is 0 Å². The van der Waals surface area contributed by atoms with Crippen LogP contribution in [0, 0.1) is 0 Å². The van der Waals surface area contributed by atoms with Crippen molar-refractivity contribution in [1.82, 2.24) is 0 Å². The number of aryl methyl sites for hydroxylation is 2. The monoisotopic (exact) mass is 605 g/mol. The fraction of sp³-hybridized carbons (Fsp3) is 0.478. The molecule has 0 N–H and O–H groups in total. The zero-order valence-corrected chi connectivity index (χ0v) is 21.3. The first-order chi connectivity index (χ1) is 13.2. The van der Waals surface area contributed by atoms with E-state index >= 15 is 0 Å². The molecule has 0 saturated heterocycles. The molecule has 0 aromatic heterocycles. The van der Waals surface area contributed by atoms with E-state index in [1.807, 2.05) is 11.8 Å². The highest BCUT2D eigenvalue weighted by atomic mass is 127. The SMILES string of the molecule is CN1c2ccc(CCCCCI)cc2Sc2ccc(CCCCCI)cc21. The van der Waals surface area contributed by atoms with Crippen LogP contribution in [0.1, 0.15) is 49.7 Å². The third kappa shape index (κ3) is 6.01. The largest absolute Gasteiger partial charge is 0.343 e. The third-order valence-electron chi connectivity index (χ3n) is 5.19. The fourth-order valence-electron chi connectivity index (χ4n) is 3.59. The van der Waals surface area contributed by atoms with Crippen molar-refractivity contribution < 1.29 is 0 Å². The molecule has 1 heterocycles. The molecular formula is C23H29I2NS. The van der Waals surface area contributed by atoms with Crippen molar-refractivity contribution in [2.75, 3.05) is 20.8 Å². The number of halogens is 2. The molecule has 27 heavy (non-hydrogen) atoms. The Kier molecular flexibility index (Phi) is 9.10. The van der Waals surface area contributed by atoms with Gasteiger partial charge in [0, 0.05) is 16.8 Å². The number of unbranched alkanes of at least 4 members (excludes halogenated alkanes) is 4.